The number of nitrogens with one attached hydrogen (secondary N) is 2. The number of carbonyl (C=O) groups is 2. The number of anilines is 1. The number of hydrogen-bond acceptors (Lipinski definition) is 4. The Balaban J connectivity index is 2.14. The molecular weight excluding hydrogens is 234 g/mol. The number of nitrogens with zero attached hydrogens (tertiary/aromatic N) is 1. The molecule has 1 saturated heterocycles. The minimum absolute atomic E-state index is 0.0306. The summed E-state index contributed by atoms with van der Waals surface area (Å²) in [5, 5.41) is 8.94. The van der Waals surface area contributed by atoms with Gasteiger partial charge in [-0.05, 0) is 5.41 Å². The second kappa shape index (κ2) is 4.44. The van der Waals surface area contributed by atoms with Crippen LogP contribution in [0.1, 0.15) is 20.8 Å². The zero-order chi connectivity index (χ0) is 13.3. The van der Waals surface area contributed by atoms with Crippen molar-refractivity contribution in [2.24, 2.45) is 17.3 Å². The van der Waals surface area contributed by atoms with Crippen LogP contribution in [-0.4, -0.2) is 23.5 Å². The Morgan fingerprint density at radius 1 is 1.56 bits per heavy atom. The lowest BCUT2D eigenvalue weighted by Crippen LogP contribution is -2.37. The molecule has 2 N–H and O–H groups in total. The van der Waals surface area contributed by atoms with Gasteiger partial charge in [0.1, 0.15) is 12.2 Å². The SMILES string of the molecule is CC(C)(C)[C@H]1CNC(=O)[C@H]1C(=O)Nc1ccon1. The largest absolute Gasteiger partial charge is 0.363 e. The van der Waals surface area contributed by atoms with Gasteiger partial charge in [0.05, 0.1) is 0 Å². The molecule has 6 nitrogen and oxygen atoms in total. The van der Waals surface area contributed by atoms with Crippen LogP contribution in [0, 0.1) is 17.3 Å². The van der Waals surface area contributed by atoms with E-state index in [-0.39, 0.29) is 23.1 Å². The molecular formula is C12H17N3O3. The van der Waals surface area contributed by atoms with Crippen molar-refractivity contribution in [2.45, 2.75) is 20.8 Å². The zero-order valence-electron chi connectivity index (χ0n) is 10.7. The first-order valence-corrected chi connectivity index (χ1v) is 5.88. The van der Waals surface area contributed by atoms with Crippen molar-refractivity contribution in [3.8, 4) is 0 Å². The van der Waals surface area contributed by atoms with Crippen molar-refractivity contribution in [1.82, 2.24) is 10.5 Å². The molecule has 1 aromatic rings. The lowest BCUT2D eigenvalue weighted by atomic mass is 9.74. The standard InChI is InChI=1S/C12H17N3O3/c1-12(2,3)7-6-13-10(16)9(7)11(17)14-8-4-5-18-15-8/h4-5,7,9H,6H2,1-3H3,(H,13,16)(H,14,15,17)/t7-,9-/m0/s1. The van der Waals surface area contributed by atoms with Crippen LogP contribution in [0.2, 0.25) is 0 Å². The normalized spacial score (nSPS) is 23.8. The molecule has 2 atom stereocenters. The van der Waals surface area contributed by atoms with Gasteiger partial charge in [-0.2, -0.15) is 0 Å². The molecule has 1 aliphatic heterocycles. The average Bonchev–Trinajstić information content (AvgIpc) is 2.85. The molecule has 0 aliphatic carbocycles. The summed E-state index contributed by atoms with van der Waals surface area (Å²) < 4.78 is 4.63. The van der Waals surface area contributed by atoms with Gasteiger partial charge in [-0.3, -0.25) is 9.59 Å². The molecule has 0 radical (unpaired) electrons. The van der Waals surface area contributed by atoms with Crippen molar-refractivity contribution in [1.29, 1.82) is 0 Å². The fourth-order valence-corrected chi connectivity index (χ4v) is 2.21. The molecule has 0 saturated carbocycles. The van der Waals surface area contributed by atoms with Crippen molar-refractivity contribution >= 4 is 17.6 Å². The van der Waals surface area contributed by atoms with Crippen molar-refractivity contribution in [3.05, 3.63) is 12.3 Å². The fraction of sp³-hybridized carbons (Fsp3) is 0.583. The lowest BCUT2D eigenvalue weighted by molar-refractivity contribution is -0.132. The van der Waals surface area contributed by atoms with Crippen molar-refractivity contribution < 1.29 is 14.1 Å². The van der Waals surface area contributed by atoms with Gasteiger partial charge in [-0.25, -0.2) is 0 Å². The molecule has 0 unspecified atom stereocenters. The first-order chi connectivity index (χ1) is 8.39. The topological polar surface area (TPSA) is 84.2 Å². The zero-order valence-corrected chi connectivity index (χ0v) is 10.7. The molecule has 1 aliphatic rings. The highest BCUT2D eigenvalue weighted by molar-refractivity contribution is 6.07. The molecule has 98 valence electrons. The van der Waals surface area contributed by atoms with Crippen LogP contribution in [0.5, 0.6) is 0 Å². The average molecular weight is 251 g/mol. The third kappa shape index (κ3) is 2.37. The van der Waals surface area contributed by atoms with Gasteiger partial charge in [0.25, 0.3) is 0 Å². The third-order valence-corrected chi connectivity index (χ3v) is 3.26. The van der Waals surface area contributed by atoms with Crippen LogP contribution in [0.3, 0.4) is 0 Å². The van der Waals surface area contributed by atoms with E-state index in [4.69, 9.17) is 0 Å². The van der Waals surface area contributed by atoms with E-state index in [1.165, 1.54) is 12.3 Å². The molecule has 6 heteroatoms. The van der Waals surface area contributed by atoms with E-state index in [0.29, 0.717) is 12.4 Å². The van der Waals surface area contributed by atoms with Gasteiger partial charge in [-0.1, -0.05) is 25.9 Å². The highest BCUT2D eigenvalue weighted by Crippen LogP contribution is 2.35. The number of rotatable bonds is 2. The van der Waals surface area contributed by atoms with Crippen molar-refractivity contribution in [2.75, 3.05) is 11.9 Å². The predicted molar refractivity (Wildman–Crippen MR) is 64.6 cm³/mol. The second-order valence-electron chi connectivity index (χ2n) is 5.57. The number of aromatic nitrogens is 1. The summed E-state index contributed by atoms with van der Waals surface area (Å²) in [5.41, 5.74) is -0.120. The first kappa shape index (κ1) is 12.6. The van der Waals surface area contributed by atoms with E-state index in [9.17, 15) is 9.59 Å². The van der Waals surface area contributed by atoms with E-state index >= 15 is 0 Å². The predicted octanol–water partition coefficient (Wildman–Crippen LogP) is 1.02. The number of amides is 2. The highest BCUT2D eigenvalue weighted by Gasteiger charge is 2.45. The summed E-state index contributed by atoms with van der Waals surface area (Å²) in [6, 6.07) is 1.54. The molecule has 1 aromatic heterocycles. The third-order valence-electron chi connectivity index (χ3n) is 3.26. The molecule has 2 heterocycles. The molecule has 0 spiro atoms. The summed E-state index contributed by atoms with van der Waals surface area (Å²) in [4.78, 5) is 23.9. The summed E-state index contributed by atoms with van der Waals surface area (Å²) in [5.74, 6) is -0.944. The van der Waals surface area contributed by atoms with Crippen LogP contribution in [0.4, 0.5) is 5.82 Å². The highest BCUT2D eigenvalue weighted by atomic mass is 16.5. The van der Waals surface area contributed by atoms with Crippen LogP contribution in [-0.2, 0) is 9.59 Å². The smallest absolute Gasteiger partial charge is 0.238 e. The van der Waals surface area contributed by atoms with Gasteiger partial charge in [0.15, 0.2) is 5.82 Å². The van der Waals surface area contributed by atoms with E-state index < -0.39 is 5.92 Å². The van der Waals surface area contributed by atoms with Crippen LogP contribution >= 0.6 is 0 Å². The lowest BCUT2D eigenvalue weighted by Gasteiger charge is -2.29. The van der Waals surface area contributed by atoms with Gasteiger partial charge < -0.3 is 15.2 Å². The summed E-state index contributed by atoms with van der Waals surface area (Å²) in [6.07, 6.45) is 1.37. The minimum Gasteiger partial charge on any atom is -0.363 e. The quantitative estimate of drug-likeness (QED) is 0.769. The van der Waals surface area contributed by atoms with Gasteiger partial charge in [0, 0.05) is 18.5 Å². The fourth-order valence-electron chi connectivity index (χ4n) is 2.21. The van der Waals surface area contributed by atoms with Crippen LogP contribution in [0.15, 0.2) is 16.9 Å². The van der Waals surface area contributed by atoms with Gasteiger partial charge in [-0.15, -0.1) is 0 Å². The first-order valence-electron chi connectivity index (χ1n) is 5.88. The molecule has 2 amide bonds. The second-order valence-corrected chi connectivity index (χ2v) is 5.57. The van der Waals surface area contributed by atoms with Crippen molar-refractivity contribution in [3.63, 3.8) is 0 Å². The Morgan fingerprint density at radius 3 is 2.83 bits per heavy atom. The monoisotopic (exact) mass is 251 g/mol. The van der Waals surface area contributed by atoms with E-state index in [1.54, 1.807) is 0 Å². The number of carbonyl (C=O) groups excluding carboxylic acids is 2. The Morgan fingerprint density at radius 2 is 2.28 bits per heavy atom. The Labute approximate surface area is 105 Å². The number of hydrogen-bond donors (Lipinski definition) is 2. The van der Waals surface area contributed by atoms with E-state index in [1.807, 2.05) is 20.8 Å². The van der Waals surface area contributed by atoms with Crippen LogP contribution < -0.4 is 10.6 Å². The van der Waals surface area contributed by atoms with E-state index in [0.717, 1.165) is 0 Å². The maximum Gasteiger partial charge on any atom is 0.238 e. The minimum atomic E-state index is -0.679. The molecule has 0 aromatic carbocycles. The van der Waals surface area contributed by atoms with Gasteiger partial charge >= 0.3 is 0 Å². The Hall–Kier alpha value is -1.85. The van der Waals surface area contributed by atoms with E-state index in [2.05, 4.69) is 20.3 Å². The molecule has 2 rings (SSSR count). The molecule has 1 fully saturated rings. The summed E-state index contributed by atoms with van der Waals surface area (Å²) in [7, 11) is 0. The summed E-state index contributed by atoms with van der Waals surface area (Å²) >= 11 is 0. The summed E-state index contributed by atoms with van der Waals surface area (Å²) in [6.45, 7) is 6.59. The Kier molecular flexibility index (Phi) is 3.11. The van der Waals surface area contributed by atoms with Crippen LogP contribution in [0.25, 0.3) is 0 Å². The molecule has 18 heavy (non-hydrogen) atoms. The maximum absolute atomic E-state index is 12.1. The molecule has 0 bridgehead atoms. The Bertz CT molecular complexity index is 448. The van der Waals surface area contributed by atoms with Gasteiger partial charge in [0.2, 0.25) is 11.8 Å². The maximum atomic E-state index is 12.1.